The molecule has 0 aliphatic heterocycles. The molecule has 0 radical (unpaired) electrons. The van der Waals surface area contributed by atoms with Crippen LogP contribution in [0.25, 0.3) is 0 Å². The highest BCUT2D eigenvalue weighted by atomic mass is 16.5. The molecule has 1 fully saturated rings. The molecule has 8 nitrogen and oxygen atoms in total. The van der Waals surface area contributed by atoms with Gasteiger partial charge < -0.3 is 19.5 Å². The molecule has 0 saturated heterocycles. The number of urea groups is 1. The first-order valence-corrected chi connectivity index (χ1v) is 9.20. The molecular weight excluding hydrogens is 358 g/mol. The highest BCUT2D eigenvalue weighted by Crippen LogP contribution is 2.35. The van der Waals surface area contributed by atoms with E-state index >= 15 is 0 Å². The first-order chi connectivity index (χ1) is 13.7. The molecule has 0 atom stereocenters. The zero-order chi connectivity index (χ0) is 19.3. The molecule has 3 aromatic rings. The molecule has 1 aliphatic rings. The van der Waals surface area contributed by atoms with Crippen LogP contribution in [0.4, 0.5) is 10.5 Å². The minimum atomic E-state index is -0.254. The Bertz CT molecular complexity index is 923. The molecule has 144 valence electrons. The third-order valence-corrected chi connectivity index (χ3v) is 4.64. The smallest absolute Gasteiger partial charge is 0.321 e. The van der Waals surface area contributed by atoms with Crippen LogP contribution in [-0.2, 0) is 6.54 Å². The molecule has 0 bridgehead atoms. The summed E-state index contributed by atoms with van der Waals surface area (Å²) in [6.45, 7) is 0.282. The lowest BCUT2D eigenvalue weighted by atomic mass is 9.85. The molecule has 1 aliphatic carbocycles. The van der Waals surface area contributed by atoms with Gasteiger partial charge in [0.25, 0.3) is 0 Å². The van der Waals surface area contributed by atoms with Crippen molar-refractivity contribution >= 4 is 11.7 Å². The van der Waals surface area contributed by atoms with Crippen molar-refractivity contribution < 1.29 is 14.1 Å². The lowest BCUT2D eigenvalue weighted by molar-refractivity contribution is 0.219. The number of ether oxygens (including phenoxy) is 1. The van der Waals surface area contributed by atoms with Crippen LogP contribution in [0.3, 0.4) is 0 Å². The second-order valence-corrected chi connectivity index (χ2v) is 6.78. The molecule has 4 rings (SSSR count). The van der Waals surface area contributed by atoms with E-state index < -0.39 is 0 Å². The monoisotopic (exact) mass is 379 g/mol. The molecule has 1 saturated carbocycles. The van der Waals surface area contributed by atoms with Crippen molar-refractivity contribution in [3.05, 3.63) is 60.5 Å². The van der Waals surface area contributed by atoms with Gasteiger partial charge in [0.1, 0.15) is 11.5 Å². The molecule has 2 heterocycles. The standard InChI is InChI=1S/C20H21N5O3/c1-25(13-18-23-19(28-24-18)14-4-2-5-14)20(26)22-15-7-9-16(10-8-15)27-17-6-3-11-21-12-17/h3,6-12,14H,2,4-5,13H2,1H3,(H,22,26). The van der Waals surface area contributed by atoms with Crippen LogP contribution >= 0.6 is 0 Å². The van der Waals surface area contributed by atoms with Crippen LogP contribution in [0.5, 0.6) is 11.5 Å². The van der Waals surface area contributed by atoms with Gasteiger partial charge in [-0.2, -0.15) is 4.98 Å². The van der Waals surface area contributed by atoms with E-state index in [1.807, 2.05) is 6.07 Å². The summed E-state index contributed by atoms with van der Waals surface area (Å²) in [4.78, 5) is 22.3. The first kappa shape index (κ1) is 18.0. The normalized spacial score (nSPS) is 13.6. The van der Waals surface area contributed by atoms with E-state index in [0.29, 0.717) is 34.8 Å². The van der Waals surface area contributed by atoms with Gasteiger partial charge in [-0.15, -0.1) is 0 Å². The zero-order valence-corrected chi connectivity index (χ0v) is 15.5. The summed E-state index contributed by atoms with van der Waals surface area (Å²) in [6, 6.07) is 10.5. The molecule has 2 aromatic heterocycles. The highest BCUT2D eigenvalue weighted by Gasteiger charge is 2.25. The van der Waals surface area contributed by atoms with E-state index in [1.165, 1.54) is 11.3 Å². The number of benzene rings is 1. The van der Waals surface area contributed by atoms with E-state index in [4.69, 9.17) is 9.26 Å². The maximum Gasteiger partial charge on any atom is 0.321 e. The number of hydrogen-bond donors (Lipinski definition) is 1. The van der Waals surface area contributed by atoms with Gasteiger partial charge in [0, 0.05) is 24.8 Å². The summed E-state index contributed by atoms with van der Waals surface area (Å²) in [5, 5.41) is 6.81. The van der Waals surface area contributed by atoms with Gasteiger partial charge in [0.15, 0.2) is 5.82 Å². The second kappa shape index (κ2) is 8.08. The summed E-state index contributed by atoms with van der Waals surface area (Å²) in [6.07, 6.45) is 6.72. The molecule has 1 aromatic carbocycles. The van der Waals surface area contributed by atoms with E-state index in [9.17, 15) is 4.79 Å². The Morgan fingerprint density at radius 3 is 2.75 bits per heavy atom. The first-order valence-electron chi connectivity index (χ1n) is 9.20. The number of aromatic nitrogens is 3. The number of nitrogens with one attached hydrogen (secondary N) is 1. The summed E-state index contributed by atoms with van der Waals surface area (Å²) in [5.41, 5.74) is 0.665. The van der Waals surface area contributed by atoms with Crippen LogP contribution in [0.2, 0.25) is 0 Å². The summed E-state index contributed by atoms with van der Waals surface area (Å²) < 4.78 is 11.0. The predicted octanol–water partition coefficient (Wildman–Crippen LogP) is 4.19. The number of amides is 2. The Labute approximate surface area is 162 Å². The molecule has 0 unspecified atom stereocenters. The van der Waals surface area contributed by atoms with Crippen LogP contribution < -0.4 is 10.1 Å². The van der Waals surface area contributed by atoms with Gasteiger partial charge in [0.05, 0.1) is 12.7 Å². The molecule has 2 amide bonds. The Morgan fingerprint density at radius 2 is 2.07 bits per heavy atom. The number of hydrogen-bond acceptors (Lipinski definition) is 6. The summed E-state index contributed by atoms with van der Waals surface area (Å²) >= 11 is 0. The molecule has 28 heavy (non-hydrogen) atoms. The van der Waals surface area contributed by atoms with Crippen LogP contribution in [-0.4, -0.2) is 33.1 Å². The van der Waals surface area contributed by atoms with E-state index in [0.717, 1.165) is 12.8 Å². The lowest BCUT2D eigenvalue weighted by Crippen LogP contribution is -2.31. The number of rotatable bonds is 6. The van der Waals surface area contributed by atoms with Gasteiger partial charge in [0.2, 0.25) is 5.89 Å². The van der Waals surface area contributed by atoms with E-state index in [2.05, 4.69) is 20.4 Å². The van der Waals surface area contributed by atoms with Crippen molar-refractivity contribution in [1.29, 1.82) is 0 Å². The maximum atomic E-state index is 12.4. The maximum absolute atomic E-state index is 12.4. The van der Waals surface area contributed by atoms with Crippen molar-refractivity contribution in [1.82, 2.24) is 20.0 Å². The second-order valence-electron chi connectivity index (χ2n) is 6.78. The van der Waals surface area contributed by atoms with Gasteiger partial charge in [-0.25, -0.2) is 4.79 Å². The van der Waals surface area contributed by atoms with Crippen LogP contribution in [0.1, 0.15) is 36.9 Å². The molecule has 1 N–H and O–H groups in total. The SMILES string of the molecule is CN(Cc1noc(C2CCC2)n1)C(=O)Nc1ccc(Oc2cccnc2)cc1. The van der Waals surface area contributed by atoms with Crippen LogP contribution in [0.15, 0.2) is 53.3 Å². The van der Waals surface area contributed by atoms with Crippen molar-refractivity contribution in [2.24, 2.45) is 0 Å². The quantitative estimate of drug-likeness (QED) is 0.690. The third kappa shape index (κ3) is 4.28. The highest BCUT2D eigenvalue weighted by molar-refractivity contribution is 5.89. The number of pyridine rings is 1. The molecule has 8 heteroatoms. The average molecular weight is 379 g/mol. The Hall–Kier alpha value is -3.42. The van der Waals surface area contributed by atoms with Gasteiger partial charge in [-0.3, -0.25) is 4.98 Å². The topological polar surface area (TPSA) is 93.4 Å². The van der Waals surface area contributed by atoms with Gasteiger partial charge in [-0.1, -0.05) is 11.6 Å². The Balaban J connectivity index is 1.30. The van der Waals surface area contributed by atoms with Gasteiger partial charge >= 0.3 is 6.03 Å². The summed E-state index contributed by atoms with van der Waals surface area (Å²) in [5.74, 6) is 2.89. The fraction of sp³-hybridized carbons (Fsp3) is 0.300. The van der Waals surface area contributed by atoms with Crippen molar-refractivity contribution in [3.8, 4) is 11.5 Å². The minimum Gasteiger partial charge on any atom is -0.456 e. The van der Waals surface area contributed by atoms with E-state index in [-0.39, 0.29) is 12.6 Å². The van der Waals surface area contributed by atoms with Crippen molar-refractivity contribution in [3.63, 3.8) is 0 Å². The van der Waals surface area contributed by atoms with Crippen molar-refractivity contribution in [2.45, 2.75) is 31.7 Å². The van der Waals surface area contributed by atoms with E-state index in [1.54, 1.807) is 49.8 Å². The fourth-order valence-corrected chi connectivity index (χ4v) is 2.81. The van der Waals surface area contributed by atoms with Gasteiger partial charge in [-0.05, 0) is 49.2 Å². The third-order valence-electron chi connectivity index (χ3n) is 4.64. The van der Waals surface area contributed by atoms with Crippen LogP contribution in [0, 0.1) is 0 Å². The number of carbonyl (C=O) groups is 1. The minimum absolute atomic E-state index is 0.254. The van der Waals surface area contributed by atoms with Crippen molar-refractivity contribution in [2.75, 3.05) is 12.4 Å². The zero-order valence-electron chi connectivity index (χ0n) is 15.5. The number of carbonyl (C=O) groups excluding carboxylic acids is 1. The number of nitrogens with zero attached hydrogens (tertiary/aromatic N) is 4. The largest absolute Gasteiger partial charge is 0.456 e. The lowest BCUT2D eigenvalue weighted by Gasteiger charge is -2.20. The summed E-state index contributed by atoms with van der Waals surface area (Å²) in [7, 11) is 1.69. The average Bonchev–Trinajstić information content (AvgIpc) is 3.10. The Morgan fingerprint density at radius 1 is 1.25 bits per heavy atom. The number of anilines is 1. The Kier molecular flexibility index (Phi) is 5.18. The fourth-order valence-electron chi connectivity index (χ4n) is 2.81. The molecule has 0 spiro atoms. The predicted molar refractivity (Wildman–Crippen MR) is 102 cm³/mol. The molecular formula is C20H21N5O3.